The highest BCUT2D eigenvalue weighted by molar-refractivity contribution is 5.92. The van der Waals surface area contributed by atoms with Crippen molar-refractivity contribution in [3.8, 4) is 11.1 Å². The van der Waals surface area contributed by atoms with Crippen LogP contribution in [-0.2, 0) is 14.3 Å². The van der Waals surface area contributed by atoms with Crippen LogP contribution in [0.25, 0.3) is 17.2 Å². The average Bonchev–Trinajstić information content (AvgIpc) is 3.27. The third-order valence-corrected chi connectivity index (χ3v) is 4.25. The lowest BCUT2D eigenvalue weighted by atomic mass is 10.0. The van der Waals surface area contributed by atoms with Gasteiger partial charge in [0, 0.05) is 6.08 Å². The topological polar surface area (TPSA) is 68.5 Å². The maximum atomic E-state index is 12.3. The van der Waals surface area contributed by atoms with Gasteiger partial charge in [0.2, 0.25) is 5.91 Å². The van der Waals surface area contributed by atoms with Gasteiger partial charge in [-0.2, -0.15) is 0 Å². The SMILES string of the molecule is COC(=O)CC(NC(=O)C=Cc1ccc(-c2ccccc2)cc1)c1ccco1. The number of esters is 1. The van der Waals surface area contributed by atoms with Gasteiger partial charge in [-0.1, -0.05) is 54.6 Å². The molecule has 1 amide bonds. The third kappa shape index (κ3) is 5.20. The molecule has 1 atom stereocenters. The Kier molecular flexibility index (Phi) is 6.41. The van der Waals surface area contributed by atoms with Gasteiger partial charge in [0.05, 0.1) is 25.8 Å². The van der Waals surface area contributed by atoms with Gasteiger partial charge in [0.15, 0.2) is 0 Å². The zero-order valence-corrected chi connectivity index (χ0v) is 15.5. The van der Waals surface area contributed by atoms with Crippen LogP contribution < -0.4 is 5.32 Å². The second-order valence-electron chi connectivity index (χ2n) is 6.18. The molecule has 1 unspecified atom stereocenters. The third-order valence-electron chi connectivity index (χ3n) is 4.25. The van der Waals surface area contributed by atoms with E-state index in [9.17, 15) is 9.59 Å². The van der Waals surface area contributed by atoms with E-state index in [2.05, 4.69) is 10.1 Å². The summed E-state index contributed by atoms with van der Waals surface area (Å²) in [6.45, 7) is 0. The van der Waals surface area contributed by atoms with Crippen molar-refractivity contribution in [1.82, 2.24) is 5.32 Å². The Morgan fingerprint density at radius 3 is 2.36 bits per heavy atom. The number of carbonyl (C=O) groups is 2. The Balaban J connectivity index is 1.64. The van der Waals surface area contributed by atoms with E-state index in [1.807, 2.05) is 54.6 Å². The number of nitrogens with one attached hydrogen (secondary N) is 1. The molecule has 3 aromatic rings. The second kappa shape index (κ2) is 9.37. The van der Waals surface area contributed by atoms with Crippen LogP contribution in [0.1, 0.15) is 23.8 Å². The summed E-state index contributed by atoms with van der Waals surface area (Å²) in [5.74, 6) is -0.251. The van der Waals surface area contributed by atoms with Crippen molar-refractivity contribution in [1.29, 1.82) is 0 Å². The summed E-state index contributed by atoms with van der Waals surface area (Å²) in [5.41, 5.74) is 3.15. The van der Waals surface area contributed by atoms with Crippen molar-refractivity contribution in [2.45, 2.75) is 12.5 Å². The zero-order chi connectivity index (χ0) is 19.8. The maximum Gasteiger partial charge on any atom is 0.308 e. The van der Waals surface area contributed by atoms with Gasteiger partial charge in [-0.15, -0.1) is 0 Å². The van der Waals surface area contributed by atoms with Gasteiger partial charge in [-0.3, -0.25) is 9.59 Å². The summed E-state index contributed by atoms with van der Waals surface area (Å²) in [4.78, 5) is 23.9. The van der Waals surface area contributed by atoms with Gasteiger partial charge in [-0.05, 0) is 34.9 Å². The zero-order valence-electron chi connectivity index (χ0n) is 15.5. The van der Waals surface area contributed by atoms with Crippen LogP contribution in [0.5, 0.6) is 0 Å². The molecule has 0 fully saturated rings. The monoisotopic (exact) mass is 375 g/mol. The summed E-state index contributed by atoms with van der Waals surface area (Å²) in [5, 5.41) is 2.77. The normalized spacial score (nSPS) is 11.9. The molecule has 3 rings (SSSR count). The van der Waals surface area contributed by atoms with Crippen molar-refractivity contribution in [2.75, 3.05) is 7.11 Å². The average molecular weight is 375 g/mol. The van der Waals surface area contributed by atoms with E-state index in [0.717, 1.165) is 16.7 Å². The number of amides is 1. The predicted molar refractivity (Wildman–Crippen MR) is 107 cm³/mol. The number of benzene rings is 2. The lowest BCUT2D eigenvalue weighted by Crippen LogP contribution is -2.28. The van der Waals surface area contributed by atoms with Gasteiger partial charge in [-0.25, -0.2) is 0 Å². The summed E-state index contributed by atoms with van der Waals surface area (Å²) in [7, 11) is 1.31. The van der Waals surface area contributed by atoms with Gasteiger partial charge < -0.3 is 14.5 Å². The Bertz CT molecular complexity index is 929. The smallest absolute Gasteiger partial charge is 0.308 e. The molecule has 0 spiro atoms. The van der Waals surface area contributed by atoms with Crippen LogP contribution >= 0.6 is 0 Å². The number of carbonyl (C=O) groups excluding carboxylic acids is 2. The molecule has 5 heteroatoms. The quantitative estimate of drug-likeness (QED) is 0.491. The summed E-state index contributed by atoms with van der Waals surface area (Å²) in [6, 6.07) is 20.8. The Hall–Kier alpha value is -3.60. The molecule has 1 aromatic heterocycles. The fraction of sp³-hybridized carbons (Fsp3) is 0.130. The first-order chi connectivity index (χ1) is 13.7. The van der Waals surface area contributed by atoms with Crippen molar-refractivity contribution >= 4 is 18.0 Å². The van der Waals surface area contributed by atoms with Crippen molar-refractivity contribution in [3.63, 3.8) is 0 Å². The number of furan rings is 1. The number of methoxy groups -OCH3 is 1. The van der Waals surface area contributed by atoms with Crippen LogP contribution in [-0.4, -0.2) is 19.0 Å². The van der Waals surface area contributed by atoms with Gasteiger partial charge in [0.25, 0.3) is 0 Å². The molecular formula is C23H21NO4. The number of rotatable bonds is 7. The van der Waals surface area contributed by atoms with E-state index < -0.39 is 12.0 Å². The summed E-state index contributed by atoms with van der Waals surface area (Å²) in [6.07, 6.45) is 4.65. The first-order valence-electron chi connectivity index (χ1n) is 8.90. The number of hydrogen-bond donors (Lipinski definition) is 1. The highest BCUT2D eigenvalue weighted by Gasteiger charge is 2.20. The van der Waals surface area contributed by atoms with E-state index in [1.54, 1.807) is 18.2 Å². The molecule has 0 radical (unpaired) electrons. The minimum atomic E-state index is -0.583. The fourth-order valence-electron chi connectivity index (χ4n) is 2.77. The second-order valence-corrected chi connectivity index (χ2v) is 6.18. The van der Waals surface area contributed by atoms with Crippen LogP contribution in [0.15, 0.2) is 83.5 Å². The van der Waals surface area contributed by atoms with Crippen LogP contribution in [0, 0.1) is 0 Å². The van der Waals surface area contributed by atoms with E-state index in [1.165, 1.54) is 19.4 Å². The molecule has 0 bridgehead atoms. The molecule has 0 aliphatic rings. The van der Waals surface area contributed by atoms with Gasteiger partial charge >= 0.3 is 5.97 Å². The molecule has 0 aliphatic heterocycles. The molecule has 5 nitrogen and oxygen atoms in total. The van der Waals surface area contributed by atoms with E-state index >= 15 is 0 Å². The van der Waals surface area contributed by atoms with E-state index in [4.69, 9.17) is 4.42 Å². The molecule has 0 saturated heterocycles. The maximum absolute atomic E-state index is 12.3. The van der Waals surface area contributed by atoms with Gasteiger partial charge in [0.1, 0.15) is 5.76 Å². The summed E-state index contributed by atoms with van der Waals surface area (Å²) < 4.78 is 10.0. The van der Waals surface area contributed by atoms with E-state index in [-0.39, 0.29) is 12.3 Å². The molecular weight excluding hydrogens is 354 g/mol. The molecule has 0 saturated carbocycles. The Morgan fingerprint density at radius 2 is 1.71 bits per heavy atom. The van der Waals surface area contributed by atoms with Crippen LogP contribution in [0.2, 0.25) is 0 Å². The van der Waals surface area contributed by atoms with Crippen molar-refractivity contribution in [2.24, 2.45) is 0 Å². The molecule has 2 aromatic carbocycles. The largest absolute Gasteiger partial charge is 0.469 e. The molecule has 1 heterocycles. The molecule has 28 heavy (non-hydrogen) atoms. The first-order valence-corrected chi connectivity index (χ1v) is 8.90. The van der Waals surface area contributed by atoms with Crippen molar-refractivity contribution < 1.29 is 18.7 Å². The standard InChI is InChI=1S/C23H21NO4/c1-27-23(26)16-20(21-8-5-15-28-21)24-22(25)14-11-17-9-12-19(13-10-17)18-6-3-2-4-7-18/h2-15,20H,16H2,1H3,(H,24,25). The lowest BCUT2D eigenvalue weighted by Gasteiger charge is -2.14. The summed E-state index contributed by atoms with van der Waals surface area (Å²) >= 11 is 0. The number of hydrogen-bond acceptors (Lipinski definition) is 4. The first kappa shape index (κ1) is 19.2. The molecule has 1 N–H and O–H groups in total. The highest BCUT2D eigenvalue weighted by atomic mass is 16.5. The minimum Gasteiger partial charge on any atom is -0.469 e. The fourth-order valence-corrected chi connectivity index (χ4v) is 2.77. The highest BCUT2D eigenvalue weighted by Crippen LogP contribution is 2.20. The molecule has 0 aliphatic carbocycles. The van der Waals surface area contributed by atoms with Crippen LogP contribution in [0.3, 0.4) is 0 Å². The molecule has 142 valence electrons. The Labute approximate surface area is 163 Å². The van der Waals surface area contributed by atoms with Crippen LogP contribution in [0.4, 0.5) is 0 Å². The predicted octanol–water partition coefficient (Wildman–Crippen LogP) is 4.38. The number of ether oxygens (including phenoxy) is 1. The Morgan fingerprint density at radius 1 is 1.00 bits per heavy atom. The minimum absolute atomic E-state index is 0.00460. The van der Waals surface area contributed by atoms with Crippen molar-refractivity contribution in [3.05, 3.63) is 90.4 Å². The lowest BCUT2D eigenvalue weighted by molar-refractivity contribution is -0.141. The van der Waals surface area contributed by atoms with E-state index in [0.29, 0.717) is 5.76 Å².